The maximum Gasteiger partial charge on any atom is 0.308 e. The molecule has 0 fully saturated rings. The Morgan fingerprint density at radius 1 is 0.935 bits per heavy atom. The summed E-state index contributed by atoms with van der Waals surface area (Å²) in [4.78, 5) is 58.8. The molecular weight excluding hydrogens is 608 g/mol. The highest BCUT2D eigenvalue weighted by Gasteiger charge is 2.34. The summed E-state index contributed by atoms with van der Waals surface area (Å²) in [6, 6.07) is 10.8. The summed E-state index contributed by atoms with van der Waals surface area (Å²) < 4.78 is 5.79. The molecule has 2 heterocycles. The standard InChI is InChI=1S/C35H43ClN4O6/c1-19-15-20(2)23(5)46-31(42)18-29(24-11-13-25(41)14-12-24)39-34(44)30(17-27-26-9-7-8-10-28(26)38-32(27)36)40(6)35(45)22(4)37-33(43)21(3)16-19/h7-15,20-23,29-30,38,41H,16-18H2,1-6H3,(H,37,43)(H,39,44)/b19-15-/t20-,21-,22+,23-,29+,30+/m1/s1. The van der Waals surface area contributed by atoms with Gasteiger partial charge in [0.15, 0.2) is 0 Å². The monoisotopic (exact) mass is 650 g/mol. The number of cyclic esters (lactones) is 1. The summed E-state index contributed by atoms with van der Waals surface area (Å²) in [6.45, 7) is 9.04. The number of halogens is 1. The van der Waals surface area contributed by atoms with Gasteiger partial charge in [-0.25, -0.2) is 0 Å². The molecule has 0 bridgehead atoms. The first-order chi connectivity index (χ1) is 21.7. The zero-order chi connectivity index (χ0) is 33.7. The molecule has 6 atom stereocenters. The van der Waals surface area contributed by atoms with E-state index < -0.39 is 47.9 Å². The minimum atomic E-state index is -1.07. The summed E-state index contributed by atoms with van der Waals surface area (Å²) in [7, 11) is 1.51. The van der Waals surface area contributed by atoms with Crippen molar-refractivity contribution in [3.8, 4) is 5.75 Å². The van der Waals surface area contributed by atoms with Crippen LogP contribution in [0.25, 0.3) is 10.9 Å². The molecule has 0 unspecified atom stereocenters. The second-order valence-corrected chi connectivity index (χ2v) is 12.8. The van der Waals surface area contributed by atoms with Crippen LogP contribution in [0.2, 0.25) is 5.15 Å². The molecule has 0 aliphatic carbocycles. The Hall–Kier alpha value is -4.31. The molecule has 46 heavy (non-hydrogen) atoms. The lowest BCUT2D eigenvalue weighted by atomic mass is 9.96. The summed E-state index contributed by atoms with van der Waals surface area (Å²) in [5.41, 5.74) is 2.96. The molecule has 1 aliphatic heterocycles. The maximum absolute atomic E-state index is 14.2. The topological polar surface area (TPSA) is 141 Å². The number of aromatic amines is 1. The highest BCUT2D eigenvalue weighted by Crippen LogP contribution is 2.29. The van der Waals surface area contributed by atoms with Crippen molar-refractivity contribution in [1.82, 2.24) is 20.5 Å². The van der Waals surface area contributed by atoms with E-state index in [-0.39, 0.29) is 30.4 Å². The van der Waals surface area contributed by atoms with Crippen molar-refractivity contribution >= 4 is 46.2 Å². The van der Waals surface area contributed by atoms with Gasteiger partial charge in [0, 0.05) is 36.2 Å². The van der Waals surface area contributed by atoms with Gasteiger partial charge in [-0.05, 0) is 56.5 Å². The second kappa shape index (κ2) is 14.9. The van der Waals surface area contributed by atoms with Crippen molar-refractivity contribution in [1.29, 1.82) is 0 Å². The van der Waals surface area contributed by atoms with Crippen LogP contribution in [0.15, 0.2) is 60.2 Å². The van der Waals surface area contributed by atoms with Crippen molar-refractivity contribution in [2.45, 2.75) is 78.1 Å². The zero-order valence-electron chi connectivity index (χ0n) is 27.1. The number of allylic oxidation sites excluding steroid dienone is 1. The first kappa shape index (κ1) is 34.6. The number of nitrogens with one attached hydrogen (secondary N) is 3. The number of likely N-dealkylation sites (N-methyl/N-ethyl adjacent to an activating group) is 1. The molecule has 10 nitrogen and oxygen atoms in total. The predicted octanol–water partition coefficient (Wildman–Crippen LogP) is 5.20. The number of nitrogens with zero attached hydrogens (tertiary/aromatic N) is 1. The third kappa shape index (κ3) is 8.28. The number of hydrogen-bond donors (Lipinski definition) is 4. The normalized spacial score (nSPS) is 27.2. The van der Waals surface area contributed by atoms with E-state index in [0.29, 0.717) is 22.7 Å². The van der Waals surface area contributed by atoms with Gasteiger partial charge in [0.05, 0.1) is 12.5 Å². The lowest BCUT2D eigenvalue weighted by Gasteiger charge is -2.32. The minimum absolute atomic E-state index is 0.0324. The minimum Gasteiger partial charge on any atom is -0.508 e. The summed E-state index contributed by atoms with van der Waals surface area (Å²) in [5, 5.41) is 16.8. The molecule has 0 spiro atoms. The van der Waals surface area contributed by atoms with E-state index >= 15 is 0 Å². The largest absolute Gasteiger partial charge is 0.508 e. The molecular formula is C35H43ClN4O6. The smallest absolute Gasteiger partial charge is 0.308 e. The Morgan fingerprint density at radius 2 is 1.61 bits per heavy atom. The van der Waals surface area contributed by atoms with Crippen LogP contribution < -0.4 is 10.6 Å². The average Bonchev–Trinajstić information content (AvgIpc) is 3.32. The van der Waals surface area contributed by atoms with Crippen LogP contribution in [0.5, 0.6) is 5.75 Å². The van der Waals surface area contributed by atoms with E-state index in [1.165, 1.54) is 24.1 Å². The Morgan fingerprint density at radius 3 is 2.30 bits per heavy atom. The molecule has 1 aliphatic rings. The number of carbonyl (C=O) groups excluding carboxylic acids is 4. The molecule has 4 N–H and O–H groups in total. The van der Waals surface area contributed by atoms with Crippen LogP contribution in [-0.4, -0.2) is 63.9 Å². The third-order valence-electron chi connectivity index (χ3n) is 8.67. The van der Waals surface area contributed by atoms with Crippen LogP contribution in [0.4, 0.5) is 0 Å². The Balaban J connectivity index is 1.76. The number of H-pyrrole nitrogens is 1. The Kier molecular flexibility index (Phi) is 11.2. The first-order valence-corrected chi connectivity index (χ1v) is 15.9. The Bertz CT molecular complexity index is 1620. The number of ether oxygens (including phenoxy) is 1. The molecule has 1 aromatic heterocycles. The fraction of sp³-hybridized carbons (Fsp3) is 0.429. The van der Waals surface area contributed by atoms with Gasteiger partial charge >= 0.3 is 5.97 Å². The molecule has 246 valence electrons. The number of esters is 1. The number of rotatable bonds is 3. The lowest BCUT2D eigenvalue weighted by Crippen LogP contribution is -2.55. The number of hydrogen-bond acceptors (Lipinski definition) is 6. The maximum atomic E-state index is 14.2. The van der Waals surface area contributed by atoms with E-state index in [1.807, 2.05) is 44.2 Å². The van der Waals surface area contributed by atoms with Crippen LogP contribution >= 0.6 is 11.6 Å². The average molecular weight is 651 g/mol. The third-order valence-corrected chi connectivity index (χ3v) is 8.99. The van der Waals surface area contributed by atoms with E-state index in [2.05, 4.69) is 15.6 Å². The summed E-state index contributed by atoms with van der Waals surface area (Å²) in [6.07, 6.45) is 1.84. The first-order valence-electron chi connectivity index (χ1n) is 15.5. The second-order valence-electron chi connectivity index (χ2n) is 12.4. The van der Waals surface area contributed by atoms with Crippen molar-refractivity contribution in [3.63, 3.8) is 0 Å². The van der Waals surface area contributed by atoms with Crippen molar-refractivity contribution in [2.24, 2.45) is 11.8 Å². The van der Waals surface area contributed by atoms with E-state index in [9.17, 15) is 24.3 Å². The fourth-order valence-corrected chi connectivity index (χ4v) is 6.11. The molecule has 0 saturated carbocycles. The number of phenolic OH excluding ortho intramolecular Hbond substituents is 1. The number of carbonyl (C=O) groups is 4. The van der Waals surface area contributed by atoms with Crippen LogP contribution in [-0.2, 0) is 30.3 Å². The van der Waals surface area contributed by atoms with Gasteiger partial charge in [0.1, 0.15) is 29.1 Å². The van der Waals surface area contributed by atoms with E-state index in [1.54, 1.807) is 32.9 Å². The summed E-state index contributed by atoms with van der Waals surface area (Å²) >= 11 is 6.62. The van der Waals surface area contributed by atoms with Gasteiger partial charge in [-0.2, -0.15) is 0 Å². The fourth-order valence-electron chi connectivity index (χ4n) is 5.83. The van der Waals surface area contributed by atoms with Crippen molar-refractivity contribution in [2.75, 3.05) is 7.05 Å². The van der Waals surface area contributed by atoms with Gasteiger partial charge in [0.25, 0.3) is 0 Å². The van der Waals surface area contributed by atoms with Crippen molar-refractivity contribution in [3.05, 3.63) is 76.5 Å². The van der Waals surface area contributed by atoms with Gasteiger partial charge in [-0.3, -0.25) is 19.2 Å². The van der Waals surface area contributed by atoms with E-state index in [0.717, 1.165) is 16.5 Å². The Labute approximate surface area is 274 Å². The van der Waals surface area contributed by atoms with Gasteiger partial charge < -0.3 is 30.4 Å². The predicted molar refractivity (Wildman–Crippen MR) is 177 cm³/mol. The highest BCUT2D eigenvalue weighted by molar-refractivity contribution is 6.31. The van der Waals surface area contributed by atoms with Gasteiger partial charge in [-0.15, -0.1) is 0 Å². The molecule has 11 heteroatoms. The molecule has 2 aromatic carbocycles. The summed E-state index contributed by atoms with van der Waals surface area (Å²) in [5.74, 6) is -2.33. The number of aromatic nitrogens is 1. The zero-order valence-corrected chi connectivity index (χ0v) is 27.9. The quantitative estimate of drug-likeness (QED) is 0.227. The highest BCUT2D eigenvalue weighted by atomic mass is 35.5. The number of amides is 3. The molecule has 3 aromatic rings. The molecule has 3 amide bonds. The van der Waals surface area contributed by atoms with Crippen LogP contribution in [0, 0.1) is 11.8 Å². The van der Waals surface area contributed by atoms with Gasteiger partial charge in [-0.1, -0.05) is 67.4 Å². The SMILES string of the molecule is C/C1=C/[C@@H](C)[C@@H](C)OC(=O)C[C@@H](c2ccc(O)cc2)NC(=O)[C@H](Cc2c(Cl)[nH]c3ccccc23)N(C)C(=O)[C@H](C)NC(=O)[C@H](C)C1. The number of para-hydroxylation sites is 1. The van der Waals surface area contributed by atoms with Gasteiger partial charge in [0.2, 0.25) is 17.7 Å². The van der Waals surface area contributed by atoms with Crippen LogP contribution in [0.3, 0.4) is 0 Å². The number of fused-ring (bicyclic) bond motifs is 1. The number of aromatic hydroxyl groups is 1. The number of phenols is 1. The van der Waals surface area contributed by atoms with E-state index in [4.69, 9.17) is 16.3 Å². The number of benzene rings is 2. The van der Waals surface area contributed by atoms with Crippen molar-refractivity contribution < 1.29 is 29.0 Å². The lowest BCUT2D eigenvalue weighted by molar-refractivity contribution is -0.150. The molecule has 4 rings (SSSR count). The molecule has 0 radical (unpaired) electrons. The van der Waals surface area contributed by atoms with Crippen LogP contribution in [0.1, 0.15) is 64.6 Å². The molecule has 0 saturated heterocycles.